The number of rotatable bonds is 2. The van der Waals surface area contributed by atoms with Crippen LogP contribution in [0.2, 0.25) is 0 Å². The number of hydrogen-bond acceptors (Lipinski definition) is 5. The van der Waals surface area contributed by atoms with Crippen molar-refractivity contribution in [2.75, 3.05) is 6.61 Å². The minimum Gasteiger partial charge on any atom is -0.367 e. The largest absolute Gasteiger partial charge is 0.367 e. The molecule has 0 spiro atoms. The van der Waals surface area contributed by atoms with Crippen LogP contribution in [0.3, 0.4) is 0 Å². The highest BCUT2D eigenvalue weighted by Crippen LogP contribution is 2.42. The summed E-state index contributed by atoms with van der Waals surface area (Å²) in [6.07, 6.45) is 1.99. The number of fused-ring (bicyclic) bond motifs is 3. The van der Waals surface area contributed by atoms with E-state index >= 15 is 0 Å². The van der Waals surface area contributed by atoms with Crippen molar-refractivity contribution in [2.24, 2.45) is 0 Å². The number of hydrogen-bond donors (Lipinski definition) is 0. The summed E-state index contributed by atoms with van der Waals surface area (Å²) in [7, 11) is 0. The van der Waals surface area contributed by atoms with E-state index in [-0.39, 0.29) is 30.5 Å². The molecule has 0 radical (unpaired) electrons. The SMILES string of the molecule is C=CCC1OC2COC(C)(C)OC2C2OC(C)(C)OC12. The highest BCUT2D eigenvalue weighted by atomic mass is 16.8. The molecule has 3 rings (SSSR count). The lowest BCUT2D eigenvalue weighted by Crippen LogP contribution is -2.63. The zero-order valence-electron chi connectivity index (χ0n) is 12.6. The molecule has 0 amide bonds. The topological polar surface area (TPSA) is 46.2 Å². The molecule has 3 aliphatic heterocycles. The van der Waals surface area contributed by atoms with Gasteiger partial charge >= 0.3 is 0 Å². The van der Waals surface area contributed by atoms with Gasteiger partial charge in [-0.15, -0.1) is 6.58 Å². The van der Waals surface area contributed by atoms with Gasteiger partial charge in [-0.2, -0.15) is 0 Å². The Balaban J connectivity index is 1.85. The second-order valence-electron chi connectivity index (χ2n) is 6.60. The molecule has 5 atom stereocenters. The molecular weight excluding hydrogens is 260 g/mol. The average molecular weight is 284 g/mol. The molecule has 0 bridgehead atoms. The highest BCUT2D eigenvalue weighted by Gasteiger charge is 2.57. The van der Waals surface area contributed by atoms with E-state index in [1.807, 2.05) is 33.8 Å². The molecule has 0 aromatic heterocycles. The standard InChI is InChI=1S/C15H24O5/c1-6-7-9-11-13(20-15(4,5)19-11)12-10(17-9)8-16-14(2,3)18-12/h6,9-13H,1,7-8H2,2-5H3. The van der Waals surface area contributed by atoms with Crippen molar-refractivity contribution < 1.29 is 23.7 Å². The molecule has 3 fully saturated rings. The first-order valence-electron chi connectivity index (χ1n) is 7.25. The van der Waals surface area contributed by atoms with Gasteiger partial charge in [-0.05, 0) is 34.1 Å². The third kappa shape index (κ3) is 2.53. The second kappa shape index (κ2) is 4.78. The lowest BCUT2D eigenvalue weighted by molar-refractivity contribution is -0.347. The summed E-state index contributed by atoms with van der Waals surface area (Å²) < 4.78 is 29.9. The third-order valence-corrected chi connectivity index (χ3v) is 3.98. The van der Waals surface area contributed by atoms with Gasteiger partial charge in [0, 0.05) is 0 Å². The predicted molar refractivity (Wildman–Crippen MR) is 72.2 cm³/mol. The van der Waals surface area contributed by atoms with Crippen molar-refractivity contribution in [3.05, 3.63) is 12.7 Å². The fraction of sp³-hybridized carbons (Fsp3) is 0.867. The summed E-state index contributed by atoms with van der Waals surface area (Å²) in [5.41, 5.74) is 0. The van der Waals surface area contributed by atoms with Gasteiger partial charge in [0.05, 0.1) is 12.7 Å². The van der Waals surface area contributed by atoms with Crippen molar-refractivity contribution >= 4 is 0 Å². The summed E-state index contributed by atoms with van der Waals surface area (Å²) in [6, 6.07) is 0. The Morgan fingerprint density at radius 1 is 1.00 bits per heavy atom. The van der Waals surface area contributed by atoms with Gasteiger partial charge in [0.1, 0.15) is 24.4 Å². The van der Waals surface area contributed by atoms with Crippen LogP contribution in [0.4, 0.5) is 0 Å². The molecule has 5 unspecified atom stereocenters. The quantitative estimate of drug-likeness (QED) is 0.726. The minimum atomic E-state index is -0.615. The van der Waals surface area contributed by atoms with Gasteiger partial charge in [-0.25, -0.2) is 0 Å². The molecule has 20 heavy (non-hydrogen) atoms. The molecule has 5 heteroatoms. The van der Waals surface area contributed by atoms with Gasteiger partial charge in [0.15, 0.2) is 11.6 Å². The number of ether oxygens (including phenoxy) is 5. The van der Waals surface area contributed by atoms with Gasteiger partial charge in [-0.3, -0.25) is 0 Å². The third-order valence-electron chi connectivity index (χ3n) is 3.98. The summed E-state index contributed by atoms with van der Waals surface area (Å²) in [5.74, 6) is -1.23. The lowest BCUT2D eigenvalue weighted by Gasteiger charge is -2.48. The summed E-state index contributed by atoms with van der Waals surface area (Å²) >= 11 is 0. The smallest absolute Gasteiger partial charge is 0.164 e. The fourth-order valence-electron chi connectivity index (χ4n) is 3.23. The zero-order valence-corrected chi connectivity index (χ0v) is 12.6. The summed E-state index contributed by atoms with van der Waals surface area (Å²) in [6.45, 7) is 12.0. The molecule has 0 saturated carbocycles. The van der Waals surface area contributed by atoms with Crippen LogP contribution in [0.25, 0.3) is 0 Å². The van der Waals surface area contributed by atoms with Gasteiger partial charge in [0.2, 0.25) is 0 Å². The molecule has 114 valence electrons. The van der Waals surface area contributed by atoms with E-state index < -0.39 is 11.6 Å². The van der Waals surface area contributed by atoms with E-state index in [4.69, 9.17) is 23.7 Å². The maximum Gasteiger partial charge on any atom is 0.164 e. The highest BCUT2D eigenvalue weighted by molar-refractivity contribution is 5.02. The van der Waals surface area contributed by atoms with Crippen LogP contribution in [0, 0.1) is 0 Å². The van der Waals surface area contributed by atoms with Gasteiger partial charge in [0.25, 0.3) is 0 Å². The van der Waals surface area contributed by atoms with Crippen LogP contribution < -0.4 is 0 Å². The molecule has 3 aliphatic rings. The molecule has 0 aliphatic carbocycles. The summed E-state index contributed by atoms with van der Waals surface area (Å²) in [4.78, 5) is 0. The van der Waals surface area contributed by atoms with Crippen LogP contribution in [0.5, 0.6) is 0 Å². The van der Waals surface area contributed by atoms with Crippen LogP contribution in [0.15, 0.2) is 12.7 Å². The van der Waals surface area contributed by atoms with E-state index in [1.54, 1.807) is 0 Å². The van der Waals surface area contributed by atoms with Crippen molar-refractivity contribution in [3.8, 4) is 0 Å². The maximum atomic E-state index is 6.11. The molecule has 0 aromatic carbocycles. The molecule has 3 saturated heterocycles. The lowest BCUT2D eigenvalue weighted by atomic mass is 9.92. The Hall–Kier alpha value is -0.460. The van der Waals surface area contributed by atoms with Crippen molar-refractivity contribution in [2.45, 2.75) is 76.2 Å². The van der Waals surface area contributed by atoms with E-state index in [2.05, 4.69) is 6.58 Å². The Bertz CT molecular complexity index is 392. The first kappa shape index (κ1) is 14.5. The van der Waals surface area contributed by atoms with E-state index in [0.717, 1.165) is 6.42 Å². The van der Waals surface area contributed by atoms with Crippen LogP contribution in [0.1, 0.15) is 34.1 Å². The normalized spacial score (nSPS) is 45.5. The molecular formula is C15H24O5. The Labute approximate surface area is 120 Å². The maximum absolute atomic E-state index is 6.11. The molecule has 0 aromatic rings. The van der Waals surface area contributed by atoms with Crippen LogP contribution >= 0.6 is 0 Å². The van der Waals surface area contributed by atoms with Crippen molar-refractivity contribution in [1.82, 2.24) is 0 Å². The van der Waals surface area contributed by atoms with Gasteiger partial charge < -0.3 is 23.7 Å². The minimum absolute atomic E-state index is 0.0612. The van der Waals surface area contributed by atoms with Gasteiger partial charge in [-0.1, -0.05) is 6.08 Å². The zero-order chi connectivity index (χ0) is 14.5. The Morgan fingerprint density at radius 3 is 2.35 bits per heavy atom. The monoisotopic (exact) mass is 284 g/mol. The first-order chi connectivity index (χ1) is 9.31. The summed E-state index contributed by atoms with van der Waals surface area (Å²) in [5, 5.41) is 0. The van der Waals surface area contributed by atoms with Crippen molar-refractivity contribution in [3.63, 3.8) is 0 Å². The molecule has 3 heterocycles. The average Bonchev–Trinajstić information content (AvgIpc) is 2.66. The Morgan fingerprint density at radius 2 is 1.65 bits per heavy atom. The fourth-order valence-corrected chi connectivity index (χ4v) is 3.23. The molecule has 0 N–H and O–H groups in total. The van der Waals surface area contributed by atoms with E-state index in [1.165, 1.54) is 0 Å². The van der Waals surface area contributed by atoms with E-state index in [0.29, 0.717) is 6.61 Å². The van der Waals surface area contributed by atoms with Crippen molar-refractivity contribution in [1.29, 1.82) is 0 Å². The molecule has 5 nitrogen and oxygen atoms in total. The first-order valence-corrected chi connectivity index (χ1v) is 7.25. The Kier molecular flexibility index (Phi) is 3.46. The van der Waals surface area contributed by atoms with Crippen LogP contribution in [-0.4, -0.2) is 48.7 Å². The predicted octanol–water partition coefficient (Wildman–Crippen LogP) is 2.00. The second-order valence-corrected chi connectivity index (χ2v) is 6.60. The van der Waals surface area contributed by atoms with E-state index in [9.17, 15) is 0 Å². The van der Waals surface area contributed by atoms with Crippen LogP contribution in [-0.2, 0) is 23.7 Å².